The first-order valence-corrected chi connectivity index (χ1v) is 10.6. The van der Waals surface area contributed by atoms with Crippen LogP contribution in [-0.2, 0) is 12.8 Å². The van der Waals surface area contributed by atoms with Gasteiger partial charge in [0, 0.05) is 10.4 Å². The van der Waals surface area contributed by atoms with Gasteiger partial charge >= 0.3 is 0 Å². The molecule has 5 nitrogen and oxygen atoms in total. The molecule has 0 unspecified atom stereocenters. The van der Waals surface area contributed by atoms with E-state index >= 15 is 0 Å². The Morgan fingerprint density at radius 3 is 2.68 bits per heavy atom. The van der Waals surface area contributed by atoms with Gasteiger partial charge in [-0.1, -0.05) is 20.8 Å². The van der Waals surface area contributed by atoms with Crippen LogP contribution in [0.4, 0.5) is 0 Å². The van der Waals surface area contributed by atoms with E-state index in [9.17, 15) is 0 Å². The van der Waals surface area contributed by atoms with E-state index in [1.54, 1.807) is 13.4 Å². The number of methoxy groups -OCH3 is 1. The highest BCUT2D eigenvalue weighted by Gasteiger charge is 2.31. The first kappa shape index (κ1) is 17.6. The molecule has 6 heteroatoms. The van der Waals surface area contributed by atoms with Crippen molar-refractivity contribution in [2.45, 2.75) is 40.0 Å². The molecule has 1 aliphatic rings. The maximum absolute atomic E-state index is 5.25. The van der Waals surface area contributed by atoms with Gasteiger partial charge in [-0.15, -0.1) is 16.4 Å². The number of ether oxygens (including phenoxy) is 1. The molecule has 0 saturated heterocycles. The first-order chi connectivity index (χ1) is 13.4. The molecular weight excluding hydrogens is 368 g/mol. The molecule has 0 amide bonds. The maximum Gasteiger partial charge on any atom is 0.182 e. The van der Waals surface area contributed by atoms with Crippen LogP contribution in [0.2, 0.25) is 0 Å². The minimum Gasteiger partial charge on any atom is -0.497 e. The van der Waals surface area contributed by atoms with Crippen LogP contribution in [0, 0.1) is 11.3 Å². The van der Waals surface area contributed by atoms with Crippen molar-refractivity contribution in [2.75, 3.05) is 7.11 Å². The van der Waals surface area contributed by atoms with Gasteiger partial charge in [0.15, 0.2) is 11.5 Å². The third kappa shape index (κ3) is 2.78. The fourth-order valence-corrected chi connectivity index (χ4v) is 5.44. The highest BCUT2D eigenvalue weighted by atomic mass is 32.1. The highest BCUT2D eigenvalue weighted by molar-refractivity contribution is 7.19. The lowest BCUT2D eigenvalue weighted by atomic mass is 9.72. The van der Waals surface area contributed by atoms with Gasteiger partial charge in [0.25, 0.3) is 0 Å². The number of hydrogen-bond acceptors (Lipinski definition) is 5. The first-order valence-electron chi connectivity index (χ1n) is 9.74. The molecular formula is C22H24N4OS. The number of nitrogens with zero attached hydrogens (tertiary/aromatic N) is 4. The zero-order valence-corrected chi connectivity index (χ0v) is 17.5. The fraction of sp³-hybridized carbons (Fsp3) is 0.409. The van der Waals surface area contributed by atoms with Gasteiger partial charge in [-0.05, 0) is 60.4 Å². The minimum atomic E-state index is 0.340. The number of thiophene rings is 1. The molecule has 0 radical (unpaired) electrons. The van der Waals surface area contributed by atoms with Gasteiger partial charge in [0.05, 0.1) is 12.5 Å². The van der Waals surface area contributed by atoms with E-state index in [0.717, 1.165) is 46.4 Å². The molecule has 0 fully saturated rings. The minimum absolute atomic E-state index is 0.340. The van der Waals surface area contributed by atoms with Gasteiger partial charge < -0.3 is 4.74 Å². The summed E-state index contributed by atoms with van der Waals surface area (Å²) in [5.41, 5.74) is 3.68. The van der Waals surface area contributed by atoms with Crippen molar-refractivity contribution in [3.63, 3.8) is 0 Å². The summed E-state index contributed by atoms with van der Waals surface area (Å²) < 4.78 is 7.08. The number of benzene rings is 1. The molecule has 1 atom stereocenters. The number of hydrogen-bond donors (Lipinski definition) is 0. The molecule has 1 aliphatic carbocycles. The average molecular weight is 393 g/mol. The molecule has 144 valence electrons. The van der Waals surface area contributed by atoms with Crippen molar-refractivity contribution >= 4 is 27.2 Å². The quantitative estimate of drug-likeness (QED) is 0.472. The molecule has 4 aromatic rings. The van der Waals surface area contributed by atoms with Crippen molar-refractivity contribution in [2.24, 2.45) is 11.3 Å². The Hall–Kier alpha value is -2.47. The zero-order chi connectivity index (χ0) is 19.5. The topological polar surface area (TPSA) is 52.3 Å². The Balaban J connectivity index is 1.62. The molecule has 3 aromatic heterocycles. The lowest BCUT2D eigenvalue weighted by Gasteiger charge is -2.33. The van der Waals surface area contributed by atoms with E-state index in [4.69, 9.17) is 14.7 Å². The number of aromatic nitrogens is 4. The number of fused-ring (bicyclic) bond motifs is 5. The molecule has 1 aromatic carbocycles. The average Bonchev–Trinajstić information content (AvgIpc) is 3.27. The van der Waals surface area contributed by atoms with E-state index in [1.807, 2.05) is 40.1 Å². The van der Waals surface area contributed by atoms with Crippen LogP contribution in [0.1, 0.15) is 37.6 Å². The normalized spacial score (nSPS) is 17.2. The highest BCUT2D eigenvalue weighted by Crippen LogP contribution is 2.43. The summed E-state index contributed by atoms with van der Waals surface area (Å²) in [4.78, 5) is 12.2. The summed E-state index contributed by atoms with van der Waals surface area (Å²) in [6.45, 7) is 7.06. The van der Waals surface area contributed by atoms with Crippen LogP contribution < -0.4 is 4.74 Å². The van der Waals surface area contributed by atoms with Crippen molar-refractivity contribution in [3.8, 4) is 17.1 Å². The van der Waals surface area contributed by atoms with Crippen LogP contribution in [0.3, 0.4) is 0 Å². The monoisotopic (exact) mass is 392 g/mol. The summed E-state index contributed by atoms with van der Waals surface area (Å²) in [6, 6.07) is 7.87. The van der Waals surface area contributed by atoms with Crippen LogP contribution in [0.25, 0.3) is 27.3 Å². The van der Waals surface area contributed by atoms with Crippen molar-refractivity contribution in [1.82, 2.24) is 19.6 Å². The van der Waals surface area contributed by atoms with Gasteiger partial charge in [-0.25, -0.2) is 14.5 Å². The van der Waals surface area contributed by atoms with E-state index in [-0.39, 0.29) is 0 Å². The number of rotatable bonds is 2. The van der Waals surface area contributed by atoms with Crippen molar-refractivity contribution in [3.05, 3.63) is 41.0 Å². The second-order valence-corrected chi connectivity index (χ2v) is 9.75. The summed E-state index contributed by atoms with van der Waals surface area (Å²) in [7, 11) is 1.67. The summed E-state index contributed by atoms with van der Waals surface area (Å²) in [6.07, 6.45) is 5.26. The van der Waals surface area contributed by atoms with Crippen LogP contribution in [0.5, 0.6) is 5.75 Å². The predicted octanol–water partition coefficient (Wildman–Crippen LogP) is 5.17. The molecule has 28 heavy (non-hydrogen) atoms. The SMILES string of the molecule is COc1ccc(-c2nc3c4c5c(sc4ncn3n2)C[C@@H](C(C)(C)C)CC5)cc1. The lowest BCUT2D eigenvalue weighted by Crippen LogP contribution is -2.26. The lowest BCUT2D eigenvalue weighted by molar-refractivity contribution is 0.218. The Labute approximate surface area is 168 Å². The van der Waals surface area contributed by atoms with Gasteiger partial charge in [-0.3, -0.25) is 0 Å². The molecule has 5 rings (SSSR count). The third-order valence-corrected chi connectivity index (χ3v) is 7.12. The standard InChI is InChI=1S/C22H24N4OS/c1-22(2,3)14-7-10-16-17(11-14)28-21-18(16)20-24-19(25-26(20)12-23-21)13-5-8-15(27-4)9-6-13/h5-6,8-9,12,14H,7,10-11H2,1-4H3/t14-/m0/s1. The van der Waals surface area contributed by atoms with Crippen LogP contribution >= 0.6 is 11.3 Å². The summed E-state index contributed by atoms with van der Waals surface area (Å²) in [5, 5.41) is 5.87. The second kappa shape index (κ2) is 6.27. The Bertz CT molecular complexity index is 1170. The van der Waals surface area contributed by atoms with E-state index in [0.29, 0.717) is 5.41 Å². The summed E-state index contributed by atoms with van der Waals surface area (Å²) in [5.74, 6) is 2.27. The van der Waals surface area contributed by atoms with Crippen molar-refractivity contribution < 1.29 is 4.74 Å². The molecule has 0 N–H and O–H groups in total. The fourth-order valence-electron chi connectivity index (χ4n) is 4.18. The number of aryl methyl sites for hydroxylation is 1. The van der Waals surface area contributed by atoms with E-state index in [2.05, 4.69) is 25.9 Å². The van der Waals surface area contributed by atoms with Crippen LogP contribution in [0.15, 0.2) is 30.6 Å². The Morgan fingerprint density at radius 2 is 1.96 bits per heavy atom. The third-order valence-electron chi connectivity index (χ3n) is 5.96. The molecule has 0 saturated carbocycles. The second-order valence-electron chi connectivity index (χ2n) is 8.67. The Kier molecular flexibility index (Phi) is 3.95. The largest absolute Gasteiger partial charge is 0.497 e. The van der Waals surface area contributed by atoms with E-state index in [1.165, 1.54) is 22.2 Å². The van der Waals surface area contributed by atoms with Gasteiger partial charge in [0.1, 0.15) is 16.9 Å². The predicted molar refractivity (Wildman–Crippen MR) is 113 cm³/mol. The smallest absolute Gasteiger partial charge is 0.182 e. The molecule has 3 heterocycles. The molecule has 0 bridgehead atoms. The summed E-state index contributed by atoms with van der Waals surface area (Å²) >= 11 is 1.84. The van der Waals surface area contributed by atoms with Gasteiger partial charge in [0.2, 0.25) is 0 Å². The molecule has 0 spiro atoms. The molecule has 0 aliphatic heterocycles. The van der Waals surface area contributed by atoms with Gasteiger partial charge in [-0.2, -0.15) is 0 Å². The zero-order valence-electron chi connectivity index (χ0n) is 16.7. The maximum atomic E-state index is 5.25. The van der Waals surface area contributed by atoms with Crippen LogP contribution in [-0.4, -0.2) is 26.7 Å². The Morgan fingerprint density at radius 1 is 1.18 bits per heavy atom. The van der Waals surface area contributed by atoms with Crippen molar-refractivity contribution in [1.29, 1.82) is 0 Å². The van der Waals surface area contributed by atoms with E-state index < -0.39 is 0 Å².